The molecule has 19 heavy (non-hydrogen) atoms. The maximum Gasteiger partial charge on any atom is 0.253 e. The molecule has 0 aliphatic carbocycles. The van der Waals surface area contributed by atoms with E-state index in [9.17, 15) is 4.79 Å². The van der Waals surface area contributed by atoms with Gasteiger partial charge in [-0.15, -0.1) is 0 Å². The minimum atomic E-state index is -0.202. The molecule has 0 aliphatic heterocycles. The normalized spacial score (nSPS) is 11.9. The van der Waals surface area contributed by atoms with Crippen molar-refractivity contribution in [2.24, 2.45) is 0 Å². The Hall–Kier alpha value is -1.75. The lowest BCUT2D eigenvalue weighted by Crippen LogP contribution is -2.38. The first-order valence-electron chi connectivity index (χ1n) is 6.36. The average molecular weight is 266 g/mol. The number of methoxy groups -OCH3 is 2. The monoisotopic (exact) mass is 266 g/mol. The van der Waals surface area contributed by atoms with Crippen LogP contribution in [0.5, 0.6) is 5.75 Å². The van der Waals surface area contributed by atoms with Crippen molar-refractivity contribution in [3.63, 3.8) is 0 Å². The third kappa shape index (κ3) is 4.13. The fourth-order valence-electron chi connectivity index (χ4n) is 1.93. The van der Waals surface area contributed by atoms with Crippen molar-refractivity contribution >= 4 is 11.6 Å². The van der Waals surface area contributed by atoms with Crippen LogP contribution in [-0.4, -0.2) is 32.8 Å². The van der Waals surface area contributed by atoms with Crippen LogP contribution in [0, 0.1) is 0 Å². The van der Waals surface area contributed by atoms with E-state index in [2.05, 4.69) is 12.2 Å². The predicted octanol–water partition coefficient (Wildman–Crippen LogP) is 1.82. The van der Waals surface area contributed by atoms with Gasteiger partial charge in [-0.3, -0.25) is 4.79 Å². The zero-order valence-electron chi connectivity index (χ0n) is 11.7. The summed E-state index contributed by atoms with van der Waals surface area (Å²) in [6, 6.07) is 5.15. The van der Waals surface area contributed by atoms with E-state index in [1.807, 2.05) is 0 Å². The summed E-state index contributed by atoms with van der Waals surface area (Å²) in [5, 5.41) is 2.93. The van der Waals surface area contributed by atoms with Crippen LogP contribution < -0.4 is 15.8 Å². The third-order valence-electron chi connectivity index (χ3n) is 2.87. The van der Waals surface area contributed by atoms with Crippen molar-refractivity contribution in [2.45, 2.75) is 25.8 Å². The van der Waals surface area contributed by atoms with E-state index < -0.39 is 0 Å². The van der Waals surface area contributed by atoms with Gasteiger partial charge in [-0.25, -0.2) is 0 Å². The van der Waals surface area contributed by atoms with Gasteiger partial charge in [0.1, 0.15) is 5.75 Å². The smallest absolute Gasteiger partial charge is 0.253 e. The topological polar surface area (TPSA) is 73.6 Å². The van der Waals surface area contributed by atoms with E-state index in [-0.39, 0.29) is 11.9 Å². The van der Waals surface area contributed by atoms with Crippen molar-refractivity contribution in [2.75, 3.05) is 26.6 Å². The highest BCUT2D eigenvalue weighted by molar-refractivity contribution is 6.00. The molecule has 0 aliphatic rings. The highest BCUT2D eigenvalue weighted by Gasteiger charge is 2.16. The van der Waals surface area contributed by atoms with E-state index in [0.29, 0.717) is 23.6 Å². The quantitative estimate of drug-likeness (QED) is 0.738. The van der Waals surface area contributed by atoms with Crippen LogP contribution >= 0.6 is 0 Å². The van der Waals surface area contributed by atoms with Crippen LogP contribution in [0.3, 0.4) is 0 Å². The molecule has 0 fully saturated rings. The Labute approximate surface area is 114 Å². The van der Waals surface area contributed by atoms with Gasteiger partial charge in [-0.2, -0.15) is 0 Å². The summed E-state index contributed by atoms with van der Waals surface area (Å²) in [6.45, 7) is 2.55. The van der Waals surface area contributed by atoms with E-state index in [1.54, 1.807) is 25.3 Å². The number of carbonyl (C=O) groups excluding carboxylic acids is 1. The number of carbonyl (C=O) groups is 1. The number of amides is 1. The maximum atomic E-state index is 12.2. The van der Waals surface area contributed by atoms with Crippen LogP contribution in [0.1, 0.15) is 30.1 Å². The van der Waals surface area contributed by atoms with Crippen LogP contribution in [-0.2, 0) is 4.74 Å². The van der Waals surface area contributed by atoms with Gasteiger partial charge in [0.05, 0.1) is 31.0 Å². The van der Waals surface area contributed by atoms with Gasteiger partial charge in [0.25, 0.3) is 5.91 Å². The van der Waals surface area contributed by atoms with E-state index in [4.69, 9.17) is 15.2 Å². The molecular weight excluding hydrogens is 244 g/mol. The lowest BCUT2D eigenvalue weighted by molar-refractivity contribution is 0.0892. The first-order chi connectivity index (χ1) is 9.13. The van der Waals surface area contributed by atoms with E-state index >= 15 is 0 Å². The lowest BCUT2D eigenvalue weighted by Gasteiger charge is -2.18. The fourth-order valence-corrected chi connectivity index (χ4v) is 1.93. The summed E-state index contributed by atoms with van der Waals surface area (Å²) < 4.78 is 10.2. The molecule has 106 valence electrons. The van der Waals surface area contributed by atoms with Crippen molar-refractivity contribution in [3.8, 4) is 5.75 Å². The molecule has 5 heteroatoms. The third-order valence-corrected chi connectivity index (χ3v) is 2.87. The number of anilines is 1. The molecule has 0 spiro atoms. The Morgan fingerprint density at radius 3 is 2.74 bits per heavy atom. The molecule has 1 rings (SSSR count). The van der Waals surface area contributed by atoms with Gasteiger partial charge in [0.2, 0.25) is 0 Å². The molecule has 0 radical (unpaired) electrons. The molecule has 1 aromatic rings. The number of rotatable bonds is 7. The van der Waals surface area contributed by atoms with Crippen LogP contribution in [0.2, 0.25) is 0 Å². The zero-order chi connectivity index (χ0) is 14.3. The number of hydrogen-bond acceptors (Lipinski definition) is 4. The highest BCUT2D eigenvalue weighted by atomic mass is 16.5. The minimum Gasteiger partial charge on any atom is -0.495 e. The standard InChI is InChI=1S/C14H22N2O3/c1-4-6-10(9-18-2)16-14(17)11-7-5-8-12(19-3)13(11)15/h5,7-8,10H,4,6,9,15H2,1-3H3,(H,16,17). The number of ether oxygens (including phenoxy) is 2. The molecule has 0 saturated carbocycles. The number of hydrogen-bond donors (Lipinski definition) is 2. The molecule has 1 amide bonds. The summed E-state index contributed by atoms with van der Waals surface area (Å²) in [5.74, 6) is 0.304. The van der Waals surface area contributed by atoms with Gasteiger partial charge in [0.15, 0.2) is 0 Å². The Morgan fingerprint density at radius 1 is 1.42 bits per heavy atom. The highest BCUT2D eigenvalue weighted by Crippen LogP contribution is 2.24. The van der Waals surface area contributed by atoms with Gasteiger partial charge < -0.3 is 20.5 Å². The molecule has 5 nitrogen and oxygen atoms in total. The molecule has 1 aromatic carbocycles. The summed E-state index contributed by atoms with van der Waals surface area (Å²) in [6.07, 6.45) is 1.84. The first kappa shape index (κ1) is 15.3. The maximum absolute atomic E-state index is 12.2. The van der Waals surface area contributed by atoms with Crippen molar-refractivity contribution < 1.29 is 14.3 Å². The second-order valence-corrected chi connectivity index (χ2v) is 4.34. The zero-order valence-corrected chi connectivity index (χ0v) is 11.7. The minimum absolute atomic E-state index is 0.00639. The van der Waals surface area contributed by atoms with Gasteiger partial charge in [-0.05, 0) is 18.6 Å². The largest absolute Gasteiger partial charge is 0.495 e. The summed E-state index contributed by atoms with van der Waals surface area (Å²) in [4.78, 5) is 12.2. The molecule has 1 unspecified atom stereocenters. The summed E-state index contributed by atoms with van der Waals surface area (Å²) >= 11 is 0. The Morgan fingerprint density at radius 2 is 2.16 bits per heavy atom. The number of nitrogens with one attached hydrogen (secondary N) is 1. The second kappa shape index (κ2) is 7.63. The van der Waals surface area contributed by atoms with E-state index in [0.717, 1.165) is 12.8 Å². The van der Waals surface area contributed by atoms with Gasteiger partial charge >= 0.3 is 0 Å². The van der Waals surface area contributed by atoms with Crippen molar-refractivity contribution in [1.82, 2.24) is 5.32 Å². The average Bonchev–Trinajstić information content (AvgIpc) is 2.39. The summed E-state index contributed by atoms with van der Waals surface area (Å²) in [7, 11) is 3.15. The number of benzene rings is 1. The molecule has 0 bridgehead atoms. The molecule has 1 atom stereocenters. The van der Waals surface area contributed by atoms with Crippen molar-refractivity contribution in [3.05, 3.63) is 23.8 Å². The Kier molecular flexibility index (Phi) is 6.15. The Balaban J connectivity index is 2.82. The lowest BCUT2D eigenvalue weighted by atomic mass is 10.1. The van der Waals surface area contributed by atoms with Crippen LogP contribution in [0.4, 0.5) is 5.69 Å². The van der Waals surface area contributed by atoms with E-state index in [1.165, 1.54) is 7.11 Å². The summed E-state index contributed by atoms with van der Waals surface area (Å²) in [5.41, 5.74) is 6.69. The van der Waals surface area contributed by atoms with Crippen molar-refractivity contribution in [1.29, 1.82) is 0 Å². The van der Waals surface area contributed by atoms with Gasteiger partial charge in [0, 0.05) is 7.11 Å². The number of nitrogen functional groups attached to an aromatic ring is 1. The van der Waals surface area contributed by atoms with Crippen LogP contribution in [0.15, 0.2) is 18.2 Å². The molecule has 0 aromatic heterocycles. The van der Waals surface area contributed by atoms with Gasteiger partial charge in [-0.1, -0.05) is 19.4 Å². The fraction of sp³-hybridized carbons (Fsp3) is 0.500. The number of nitrogens with two attached hydrogens (primary N) is 1. The predicted molar refractivity (Wildman–Crippen MR) is 75.4 cm³/mol. The second-order valence-electron chi connectivity index (χ2n) is 4.34. The SMILES string of the molecule is CCCC(COC)NC(=O)c1cccc(OC)c1N. The molecule has 3 N–H and O–H groups in total. The molecule has 0 heterocycles. The number of para-hydroxylation sites is 1. The first-order valence-corrected chi connectivity index (χ1v) is 6.36. The molecule has 0 saturated heterocycles. The molecular formula is C14H22N2O3. The van der Waals surface area contributed by atoms with Crippen LogP contribution in [0.25, 0.3) is 0 Å². The Bertz CT molecular complexity index is 415.